The van der Waals surface area contributed by atoms with Crippen LogP contribution in [0.2, 0.25) is 0 Å². The number of hydrogen-bond donors (Lipinski definition) is 1. The number of nitrogens with zero attached hydrogens (tertiary/aromatic N) is 2. The summed E-state index contributed by atoms with van der Waals surface area (Å²) in [4.78, 5) is 2.60. The van der Waals surface area contributed by atoms with Gasteiger partial charge in [0.1, 0.15) is 0 Å². The molecule has 0 spiro atoms. The Balaban J connectivity index is 2.38. The molecule has 0 amide bonds. The first kappa shape index (κ1) is 13.6. The quantitative estimate of drug-likeness (QED) is 0.907. The summed E-state index contributed by atoms with van der Waals surface area (Å²) in [5, 5.41) is 10.1. The summed E-state index contributed by atoms with van der Waals surface area (Å²) in [6.07, 6.45) is 0. The van der Waals surface area contributed by atoms with Crippen LogP contribution in [0.5, 0.6) is 0 Å². The van der Waals surface area contributed by atoms with Crippen LogP contribution >= 0.6 is 22.9 Å². The second kappa shape index (κ2) is 5.91. The summed E-state index contributed by atoms with van der Waals surface area (Å²) in [6.45, 7) is 9.56. The third-order valence-corrected chi connectivity index (χ3v) is 4.53. The second-order valence-corrected chi connectivity index (χ2v) is 6.56. The Hall–Kier alpha value is -0.780. The molecule has 3 nitrogen and oxygen atoms in total. The zero-order valence-electron chi connectivity index (χ0n) is 11.2. The lowest BCUT2D eigenvalue weighted by Gasteiger charge is -2.17. The van der Waals surface area contributed by atoms with Crippen molar-refractivity contribution in [3.63, 3.8) is 0 Å². The van der Waals surface area contributed by atoms with Crippen LogP contribution in [-0.2, 0) is 0 Å². The van der Waals surface area contributed by atoms with Crippen molar-refractivity contribution in [2.24, 2.45) is 0 Å². The van der Waals surface area contributed by atoms with Gasteiger partial charge >= 0.3 is 0 Å². The lowest BCUT2D eigenvalue weighted by Crippen LogP contribution is -2.22. The van der Waals surface area contributed by atoms with E-state index in [0.717, 1.165) is 12.2 Å². The van der Waals surface area contributed by atoms with Crippen LogP contribution in [0.4, 0.5) is 0 Å². The molecule has 0 saturated carbocycles. The normalized spacial score (nSPS) is 13.2. The molecule has 2 aromatic heterocycles. The van der Waals surface area contributed by atoms with Gasteiger partial charge in [0.2, 0.25) is 0 Å². The van der Waals surface area contributed by atoms with Crippen molar-refractivity contribution < 1.29 is 0 Å². The summed E-state index contributed by atoms with van der Waals surface area (Å²) >= 11 is 3.30. The Morgan fingerprint density at radius 2 is 2.17 bits per heavy atom. The minimum absolute atomic E-state index is 0.234. The van der Waals surface area contributed by atoms with E-state index < -0.39 is 0 Å². The third kappa shape index (κ3) is 2.79. The van der Waals surface area contributed by atoms with Crippen molar-refractivity contribution >= 4 is 22.9 Å². The van der Waals surface area contributed by atoms with Crippen molar-refractivity contribution in [2.75, 3.05) is 6.54 Å². The monoisotopic (exact) mass is 281 g/mol. The van der Waals surface area contributed by atoms with Crippen molar-refractivity contribution in [1.82, 2.24) is 14.9 Å². The molecule has 0 bridgehead atoms. The largest absolute Gasteiger partial charge is 0.306 e. The van der Waals surface area contributed by atoms with Gasteiger partial charge in [0.25, 0.3) is 0 Å². The molecule has 98 valence electrons. The molecule has 0 aromatic carbocycles. The van der Waals surface area contributed by atoms with Gasteiger partial charge in [0.05, 0.1) is 16.6 Å². The van der Waals surface area contributed by atoms with E-state index in [1.54, 1.807) is 11.3 Å². The maximum atomic E-state index is 4.28. The summed E-state index contributed by atoms with van der Waals surface area (Å²) < 4.78 is 4.13. The number of rotatable bonds is 5. The standard InChI is InChI=1S/C13H19N3S2/c1-5-14-12(10-6-9(4)17-7-10)13-11(8(2)3)15-16-18-13/h6-8,12,14H,5H2,1-4H3. The number of thiophene rings is 1. The van der Waals surface area contributed by atoms with E-state index in [1.807, 2.05) is 0 Å². The SMILES string of the molecule is CCNC(c1csc(C)c1)c1snnc1C(C)C. The van der Waals surface area contributed by atoms with Crippen LogP contribution in [0, 0.1) is 6.92 Å². The highest BCUT2D eigenvalue weighted by Gasteiger charge is 2.22. The van der Waals surface area contributed by atoms with Gasteiger partial charge in [-0.15, -0.1) is 16.4 Å². The van der Waals surface area contributed by atoms with E-state index >= 15 is 0 Å². The minimum Gasteiger partial charge on any atom is -0.306 e. The van der Waals surface area contributed by atoms with Gasteiger partial charge in [-0.3, -0.25) is 0 Å². The van der Waals surface area contributed by atoms with Gasteiger partial charge in [-0.2, -0.15) is 0 Å². The average molecular weight is 281 g/mol. The fourth-order valence-electron chi connectivity index (χ4n) is 1.99. The summed E-state index contributed by atoms with van der Waals surface area (Å²) in [6, 6.07) is 2.49. The van der Waals surface area contributed by atoms with E-state index in [0.29, 0.717) is 5.92 Å². The first-order valence-corrected chi connectivity index (χ1v) is 7.89. The predicted molar refractivity (Wildman–Crippen MR) is 78.6 cm³/mol. The number of aryl methyl sites for hydroxylation is 1. The second-order valence-electron chi connectivity index (χ2n) is 4.66. The van der Waals surface area contributed by atoms with Crippen molar-refractivity contribution in [2.45, 2.75) is 39.7 Å². The molecular formula is C13H19N3S2. The molecule has 1 unspecified atom stereocenters. The van der Waals surface area contributed by atoms with Crippen molar-refractivity contribution in [3.8, 4) is 0 Å². The topological polar surface area (TPSA) is 37.8 Å². The van der Waals surface area contributed by atoms with Gasteiger partial charge in [-0.1, -0.05) is 25.3 Å². The number of aromatic nitrogens is 2. The molecule has 5 heteroatoms. The van der Waals surface area contributed by atoms with Crippen molar-refractivity contribution in [1.29, 1.82) is 0 Å². The number of hydrogen-bond acceptors (Lipinski definition) is 5. The van der Waals surface area contributed by atoms with Gasteiger partial charge < -0.3 is 5.32 Å². The molecule has 0 fully saturated rings. The molecule has 18 heavy (non-hydrogen) atoms. The molecule has 0 aliphatic rings. The van der Waals surface area contributed by atoms with E-state index in [2.05, 4.69) is 54.0 Å². The Kier molecular flexibility index (Phi) is 4.48. The van der Waals surface area contributed by atoms with Gasteiger partial charge in [0, 0.05) is 4.88 Å². The highest BCUT2D eigenvalue weighted by Crippen LogP contribution is 2.32. The molecule has 0 saturated heterocycles. The van der Waals surface area contributed by atoms with E-state index in [1.165, 1.54) is 26.9 Å². The molecule has 2 rings (SSSR count). The first-order valence-electron chi connectivity index (χ1n) is 6.24. The first-order chi connectivity index (χ1) is 8.63. The third-order valence-electron chi connectivity index (χ3n) is 2.84. The van der Waals surface area contributed by atoms with Crippen molar-refractivity contribution in [3.05, 3.63) is 32.5 Å². The Morgan fingerprint density at radius 1 is 1.39 bits per heavy atom. The molecule has 0 aliphatic heterocycles. The predicted octanol–water partition coefficient (Wildman–Crippen LogP) is 3.73. The lowest BCUT2D eigenvalue weighted by atomic mass is 10.0. The molecule has 0 radical (unpaired) electrons. The van der Waals surface area contributed by atoms with E-state index in [-0.39, 0.29) is 6.04 Å². The maximum Gasteiger partial charge on any atom is 0.0832 e. The lowest BCUT2D eigenvalue weighted by molar-refractivity contribution is 0.627. The minimum atomic E-state index is 0.234. The molecule has 2 heterocycles. The zero-order valence-corrected chi connectivity index (χ0v) is 12.9. The highest BCUT2D eigenvalue weighted by atomic mass is 32.1. The van der Waals surface area contributed by atoms with Crippen LogP contribution in [0.3, 0.4) is 0 Å². The Morgan fingerprint density at radius 3 is 2.72 bits per heavy atom. The molecule has 1 atom stereocenters. The molecule has 2 aromatic rings. The van der Waals surface area contributed by atoms with E-state index in [9.17, 15) is 0 Å². The van der Waals surface area contributed by atoms with E-state index in [4.69, 9.17) is 0 Å². The highest BCUT2D eigenvalue weighted by molar-refractivity contribution is 7.10. The van der Waals surface area contributed by atoms with Gasteiger partial charge in [0.15, 0.2) is 0 Å². The van der Waals surface area contributed by atoms with Crippen LogP contribution in [0.25, 0.3) is 0 Å². The fraction of sp³-hybridized carbons (Fsp3) is 0.538. The van der Waals surface area contributed by atoms with Crippen LogP contribution < -0.4 is 5.32 Å². The fourth-order valence-corrected chi connectivity index (χ4v) is 3.63. The average Bonchev–Trinajstić information content (AvgIpc) is 2.94. The summed E-state index contributed by atoms with van der Waals surface area (Å²) in [7, 11) is 0. The maximum absolute atomic E-state index is 4.28. The smallest absolute Gasteiger partial charge is 0.0832 e. The van der Waals surface area contributed by atoms with Crippen LogP contribution in [0.15, 0.2) is 11.4 Å². The van der Waals surface area contributed by atoms with Gasteiger partial charge in [-0.25, -0.2) is 0 Å². The summed E-state index contributed by atoms with van der Waals surface area (Å²) in [5.41, 5.74) is 2.45. The Labute approximate surface area is 116 Å². The van der Waals surface area contributed by atoms with Crippen LogP contribution in [-0.4, -0.2) is 16.1 Å². The van der Waals surface area contributed by atoms with Crippen LogP contribution in [0.1, 0.15) is 53.7 Å². The zero-order chi connectivity index (χ0) is 13.1. The van der Waals surface area contributed by atoms with Gasteiger partial charge in [-0.05, 0) is 47.9 Å². The number of nitrogens with one attached hydrogen (secondary N) is 1. The summed E-state index contributed by atoms with van der Waals surface area (Å²) in [5.74, 6) is 0.416. The molecule has 0 aliphatic carbocycles. The Bertz CT molecular complexity index is 502. The molecular weight excluding hydrogens is 262 g/mol. The molecule has 1 N–H and O–H groups in total.